The number of benzene rings is 3. The van der Waals surface area contributed by atoms with Gasteiger partial charge in [-0.3, -0.25) is 14.9 Å². The summed E-state index contributed by atoms with van der Waals surface area (Å²) in [6, 6.07) is 21.8. The third-order valence-corrected chi connectivity index (χ3v) is 4.50. The largest absolute Gasteiger partial charge is 0.497 e. The minimum atomic E-state index is -0.466. The fourth-order valence-corrected chi connectivity index (χ4v) is 2.91. The summed E-state index contributed by atoms with van der Waals surface area (Å²) in [6.45, 7) is 2.12. The zero-order valence-electron chi connectivity index (χ0n) is 17.7. The molecule has 0 aliphatic rings. The van der Waals surface area contributed by atoms with Crippen molar-refractivity contribution in [3.63, 3.8) is 0 Å². The Kier molecular flexibility index (Phi) is 7.48. The highest BCUT2D eigenvalue weighted by molar-refractivity contribution is 6.52. The zero-order chi connectivity index (χ0) is 22.9. The average Bonchev–Trinajstić information content (AvgIpc) is 2.83. The number of nitrogens with zero attached hydrogens (tertiary/aromatic N) is 2. The van der Waals surface area contributed by atoms with Crippen molar-refractivity contribution in [3.8, 4) is 5.75 Å². The normalized spacial score (nSPS) is 11.7. The molecule has 0 radical (unpaired) electrons. The molecular weight excluding hydrogens is 408 g/mol. The van der Waals surface area contributed by atoms with Crippen molar-refractivity contribution in [2.45, 2.75) is 6.92 Å². The van der Waals surface area contributed by atoms with Crippen LogP contribution in [0.25, 0.3) is 6.08 Å². The van der Waals surface area contributed by atoms with Crippen LogP contribution in [0.2, 0.25) is 0 Å². The number of non-ortho nitro benzene ring substituents is 1. The first kappa shape index (κ1) is 22.4. The second-order valence-corrected chi connectivity index (χ2v) is 6.64. The van der Waals surface area contributed by atoms with E-state index in [2.05, 4.69) is 4.99 Å². The van der Waals surface area contributed by atoms with Crippen LogP contribution in [-0.2, 0) is 4.74 Å². The molecule has 0 aromatic heterocycles. The van der Waals surface area contributed by atoms with Gasteiger partial charge in [-0.15, -0.1) is 0 Å². The average molecular weight is 430 g/mol. The number of carbonyl (C=O) groups is 1. The van der Waals surface area contributed by atoms with Crippen LogP contribution in [0.1, 0.15) is 22.8 Å². The van der Waals surface area contributed by atoms with Gasteiger partial charge in [-0.1, -0.05) is 18.2 Å². The lowest BCUT2D eigenvalue weighted by molar-refractivity contribution is -0.384. The van der Waals surface area contributed by atoms with Crippen LogP contribution in [0.15, 0.2) is 89.6 Å². The number of rotatable bonds is 9. The lowest BCUT2D eigenvalue weighted by Gasteiger charge is -2.12. The van der Waals surface area contributed by atoms with Gasteiger partial charge in [-0.2, -0.15) is 0 Å². The molecular formula is C25H22N2O5. The number of aliphatic imine (C=N–C) groups is 1. The summed E-state index contributed by atoms with van der Waals surface area (Å²) < 4.78 is 11.0. The van der Waals surface area contributed by atoms with Crippen LogP contribution in [0.3, 0.4) is 0 Å². The van der Waals surface area contributed by atoms with Crippen molar-refractivity contribution >= 4 is 28.9 Å². The number of nitro groups is 1. The van der Waals surface area contributed by atoms with E-state index in [0.29, 0.717) is 29.2 Å². The first-order valence-electron chi connectivity index (χ1n) is 9.93. The highest BCUT2D eigenvalue weighted by Crippen LogP contribution is 2.21. The maximum Gasteiger partial charge on any atom is 0.269 e. The molecule has 3 aromatic carbocycles. The molecule has 0 aliphatic heterocycles. The second kappa shape index (κ2) is 10.7. The van der Waals surface area contributed by atoms with Gasteiger partial charge in [0.25, 0.3) is 5.69 Å². The Morgan fingerprint density at radius 1 is 1.00 bits per heavy atom. The van der Waals surface area contributed by atoms with Gasteiger partial charge in [-0.05, 0) is 67.1 Å². The Morgan fingerprint density at radius 3 is 2.22 bits per heavy atom. The van der Waals surface area contributed by atoms with E-state index in [9.17, 15) is 14.9 Å². The summed E-state index contributed by atoms with van der Waals surface area (Å²) in [5.74, 6) is 0.582. The topological polar surface area (TPSA) is 91.0 Å². The van der Waals surface area contributed by atoms with Gasteiger partial charge >= 0.3 is 0 Å². The fourth-order valence-electron chi connectivity index (χ4n) is 2.91. The van der Waals surface area contributed by atoms with E-state index in [4.69, 9.17) is 9.47 Å². The van der Waals surface area contributed by atoms with E-state index >= 15 is 0 Å². The Balaban J connectivity index is 2.08. The van der Waals surface area contributed by atoms with E-state index in [1.807, 2.05) is 25.1 Å². The number of nitro benzene ring substituents is 1. The molecule has 0 spiro atoms. The van der Waals surface area contributed by atoms with E-state index in [0.717, 1.165) is 0 Å². The highest BCUT2D eigenvalue weighted by atomic mass is 16.6. The number of carbonyl (C=O) groups excluding carboxylic acids is 1. The Morgan fingerprint density at radius 2 is 1.66 bits per heavy atom. The fraction of sp³-hybridized carbons (Fsp3) is 0.120. The SMILES string of the molecule is CCO/C(=C\c1ccc([N+](=O)[O-])cc1)C(=Nc1ccccc1)C(=O)c1ccc(OC)cc1. The van der Waals surface area contributed by atoms with E-state index in [-0.39, 0.29) is 22.9 Å². The molecule has 0 heterocycles. The van der Waals surface area contributed by atoms with Gasteiger partial charge in [0.2, 0.25) is 5.78 Å². The van der Waals surface area contributed by atoms with Crippen molar-refractivity contribution in [1.82, 2.24) is 0 Å². The summed E-state index contributed by atoms with van der Waals surface area (Å²) >= 11 is 0. The predicted octanol–water partition coefficient (Wildman–Crippen LogP) is 5.64. The molecule has 0 atom stereocenters. The van der Waals surface area contributed by atoms with Crippen LogP contribution in [0.4, 0.5) is 11.4 Å². The molecule has 0 saturated heterocycles. The molecule has 0 bridgehead atoms. The molecule has 0 amide bonds. The second-order valence-electron chi connectivity index (χ2n) is 6.64. The lowest BCUT2D eigenvalue weighted by Crippen LogP contribution is -2.19. The number of ketones is 1. The maximum absolute atomic E-state index is 13.4. The molecule has 7 nitrogen and oxygen atoms in total. The van der Waals surface area contributed by atoms with Crippen molar-refractivity contribution < 1.29 is 19.2 Å². The van der Waals surface area contributed by atoms with Crippen molar-refractivity contribution in [2.75, 3.05) is 13.7 Å². The summed E-state index contributed by atoms with van der Waals surface area (Å²) in [4.78, 5) is 28.5. The number of Topliss-reactive ketones (excluding diaryl/α,β-unsaturated/α-hetero) is 1. The molecule has 32 heavy (non-hydrogen) atoms. The van der Waals surface area contributed by atoms with Gasteiger partial charge in [0.15, 0.2) is 5.71 Å². The summed E-state index contributed by atoms with van der Waals surface area (Å²) in [5.41, 5.74) is 1.77. The molecule has 7 heteroatoms. The van der Waals surface area contributed by atoms with Crippen LogP contribution in [0.5, 0.6) is 5.75 Å². The quantitative estimate of drug-likeness (QED) is 0.144. The van der Waals surface area contributed by atoms with E-state index in [1.54, 1.807) is 61.7 Å². The van der Waals surface area contributed by atoms with Crippen molar-refractivity contribution in [2.24, 2.45) is 4.99 Å². The van der Waals surface area contributed by atoms with Gasteiger partial charge in [0.05, 0.1) is 24.3 Å². The first-order valence-corrected chi connectivity index (χ1v) is 9.93. The number of ether oxygens (including phenoxy) is 2. The van der Waals surface area contributed by atoms with E-state index < -0.39 is 4.92 Å². The molecule has 3 aromatic rings. The summed E-state index contributed by atoms with van der Waals surface area (Å²) in [5, 5.41) is 10.9. The molecule has 0 fully saturated rings. The zero-order valence-corrected chi connectivity index (χ0v) is 17.7. The number of hydrogen-bond donors (Lipinski definition) is 0. The van der Waals surface area contributed by atoms with Gasteiger partial charge < -0.3 is 9.47 Å². The minimum absolute atomic E-state index is 0.0207. The molecule has 0 unspecified atom stereocenters. The number of hydrogen-bond acceptors (Lipinski definition) is 6. The smallest absolute Gasteiger partial charge is 0.269 e. The lowest BCUT2D eigenvalue weighted by atomic mass is 10.0. The maximum atomic E-state index is 13.4. The number of para-hydroxylation sites is 1. The van der Waals surface area contributed by atoms with Crippen molar-refractivity contribution in [3.05, 3.63) is 106 Å². The third kappa shape index (κ3) is 5.66. The predicted molar refractivity (Wildman–Crippen MR) is 124 cm³/mol. The first-order chi connectivity index (χ1) is 15.5. The van der Waals surface area contributed by atoms with E-state index in [1.165, 1.54) is 12.1 Å². The third-order valence-electron chi connectivity index (χ3n) is 4.50. The summed E-state index contributed by atoms with van der Waals surface area (Å²) in [6.07, 6.45) is 1.65. The van der Waals surface area contributed by atoms with Crippen LogP contribution in [-0.4, -0.2) is 30.1 Å². The minimum Gasteiger partial charge on any atom is -0.497 e. The molecule has 0 saturated carbocycles. The molecule has 0 N–H and O–H groups in total. The van der Waals surface area contributed by atoms with Crippen LogP contribution in [0, 0.1) is 10.1 Å². The number of methoxy groups -OCH3 is 1. The van der Waals surface area contributed by atoms with Gasteiger partial charge in [0.1, 0.15) is 11.5 Å². The molecule has 0 aliphatic carbocycles. The Bertz CT molecular complexity index is 1140. The Hall–Kier alpha value is -4.26. The monoisotopic (exact) mass is 430 g/mol. The summed E-state index contributed by atoms with van der Waals surface area (Å²) in [7, 11) is 1.55. The standard InChI is InChI=1S/C25H22N2O5/c1-3-32-23(17-18-9-13-21(14-10-18)27(29)30)24(26-20-7-5-4-6-8-20)25(28)19-11-15-22(31-2)16-12-19/h4-17H,3H2,1-2H3/b23-17-,26-24?. The highest BCUT2D eigenvalue weighted by Gasteiger charge is 2.21. The Labute approximate surface area is 185 Å². The van der Waals surface area contributed by atoms with Crippen LogP contribution < -0.4 is 4.74 Å². The van der Waals surface area contributed by atoms with Crippen molar-refractivity contribution in [1.29, 1.82) is 0 Å². The van der Waals surface area contributed by atoms with Crippen LogP contribution >= 0.6 is 0 Å². The number of allylic oxidation sites excluding steroid dienone is 1. The molecule has 162 valence electrons. The van der Waals surface area contributed by atoms with Gasteiger partial charge in [0, 0.05) is 17.7 Å². The molecule has 3 rings (SSSR count). The van der Waals surface area contributed by atoms with Gasteiger partial charge in [-0.25, -0.2) is 4.99 Å².